The topological polar surface area (TPSA) is 84.2 Å². The Morgan fingerprint density at radius 1 is 1.17 bits per heavy atom. The molecule has 0 radical (unpaired) electrons. The molecule has 1 aromatic carbocycles. The minimum atomic E-state index is -3.03. The van der Waals surface area contributed by atoms with Crippen molar-refractivity contribution in [3.05, 3.63) is 29.8 Å². The highest BCUT2D eigenvalue weighted by molar-refractivity contribution is 7.92. The van der Waals surface area contributed by atoms with Gasteiger partial charge in [-0.25, -0.2) is 8.42 Å². The summed E-state index contributed by atoms with van der Waals surface area (Å²) in [5.74, 6) is 0.462. The monoisotopic (exact) mass is 347 g/mol. The first-order valence-corrected chi connectivity index (χ1v) is 10.00. The van der Waals surface area contributed by atoms with Gasteiger partial charge in [0.1, 0.15) is 12.4 Å². The molecule has 2 saturated heterocycles. The highest BCUT2D eigenvalue weighted by Crippen LogP contribution is 2.40. The summed E-state index contributed by atoms with van der Waals surface area (Å²) in [6.45, 7) is 0.327. The lowest BCUT2D eigenvalue weighted by molar-refractivity contribution is 0.0894. The second kappa shape index (κ2) is 6.94. The predicted molar refractivity (Wildman–Crippen MR) is 89.6 cm³/mol. The van der Waals surface area contributed by atoms with Crippen molar-refractivity contribution in [1.82, 2.24) is 0 Å². The van der Waals surface area contributed by atoms with Gasteiger partial charge in [0.2, 0.25) is 0 Å². The first kappa shape index (κ1) is 17.0. The maximum absolute atomic E-state index is 12.7. The van der Waals surface area contributed by atoms with E-state index in [2.05, 4.69) is 0 Å². The van der Waals surface area contributed by atoms with Crippen molar-refractivity contribution < 1.29 is 17.9 Å². The summed E-state index contributed by atoms with van der Waals surface area (Å²) in [7, 11) is -3.03. The van der Waals surface area contributed by atoms with Crippen LogP contribution in [-0.2, 0) is 9.84 Å². The molecule has 0 aliphatic carbocycles. The van der Waals surface area contributed by atoms with Crippen molar-refractivity contribution in [2.75, 3.05) is 6.61 Å². The van der Waals surface area contributed by atoms with Crippen LogP contribution in [0.2, 0.25) is 0 Å². The van der Waals surface area contributed by atoms with E-state index in [1.165, 1.54) is 0 Å². The number of hydrogen-bond acceptors (Lipinski definition) is 5. The summed E-state index contributed by atoms with van der Waals surface area (Å²) < 4.78 is 30.0. The van der Waals surface area contributed by atoms with E-state index >= 15 is 0 Å². The van der Waals surface area contributed by atoms with Crippen LogP contribution in [0.15, 0.2) is 24.3 Å². The van der Waals surface area contributed by atoms with Gasteiger partial charge in [0.25, 0.3) is 0 Å². The molecule has 2 unspecified atom stereocenters. The van der Waals surface area contributed by atoms with Gasteiger partial charge in [-0.15, -0.1) is 0 Å². The van der Waals surface area contributed by atoms with Gasteiger partial charge in [0.05, 0.1) is 23.0 Å². The number of ether oxygens (including phenoxy) is 1. The van der Waals surface area contributed by atoms with Crippen LogP contribution < -0.4 is 4.74 Å². The van der Waals surface area contributed by atoms with Crippen LogP contribution in [0.4, 0.5) is 0 Å². The Morgan fingerprint density at radius 3 is 2.38 bits per heavy atom. The third-order valence-corrected chi connectivity index (χ3v) is 7.78. The van der Waals surface area contributed by atoms with Crippen molar-refractivity contribution in [1.29, 1.82) is 5.26 Å². The molecular formula is C18H21NO4S. The molecule has 0 aromatic heterocycles. The van der Waals surface area contributed by atoms with Gasteiger partial charge in [0, 0.05) is 11.5 Å². The Kier molecular flexibility index (Phi) is 4.91. The molecule has 1 aromatic rings. The molecule has 0 amide bonds. The van der Waals surface area contributed by atoms with Crippen molar-refractivity contribution in [3.8, 4) is 11.8 Å². The molecule has 24 heavy (non-hydrogen) atoms. The number of sulfone groups is 1. The molecule has 0 N–H and O–H groups in total. The fourth-order valence-corrected chi connectivity index (χ4v) is 6.32. The lowest BCUT2D eigenvalue weighted by atomic mass is 9.84. The second-order valence-corrected chi connectivity index (χ2v) is 9.09. The number of carbonyl (C=O) groups is 1. The Morgan fingerprint density at radius 2 is 1.79 bits per heavy atom. The van der Waals surface area contributed by atoms with E-state index in [-0.39, 0.29) is 22.2 Å². The van der Waals surface area contributed by atoms with Crippen LogP contribution in [0.25, 0.3) is 0 Å². The zero-order chi connectivity index (χ0) is 17.2. The van der Waals surface area contributed by atoms with Gasteiger partial charge >= 0.3 is 0 Å². The molecule has 0 saturated carbocycles. The van der Waals surface area contributed by atoms with E-state index in [9.17, 15) is 13.2 Å². The normalized spacial score (nSPS) is 27.9. The lowest BCUT2D eigenvalue weighted by Crippen LogP contribution is -2.45. The highest BCUT2D eigenvalue weighted by atomic mass is 32.2. The molecule has 5 nitrogen and oxygen atoms in total. The Balaban J connectivity index is 1.68. The lowest BCUT2D eigenvalue weighted by Gasteiger charge is -2.38. The standard InChI is InChI=1S/C18H21NO4S/c19-9-2-10-23-15-7-5-13(6-8-15)18(20)14-11-16-3-1-4-17(12-14)24(16,21)22/h5-8,14,16-17H,1-4,10-12H2. The average Bonchev–Trinajstić information content (AvgIpc) is 2.54. The number of fused-ring (bicyclic) bond motifs is 2. The van der Waals surface area contributed by atoms with Crippen molar-refractivity contribution in [3.63, 3.8) is 0 Å². The van der Waals surface area contributed by atoms with Gasteiger partial charge in [-0.05, 0) is 49.9 Å². The van der Waals surface area contributed by atoms with Gasteiger partial charge in [-0.1, -0.05) is 6.42 Å². The molecule has 2 atom stereocenters. The molecule has 3 rings (SSSR count). The van der Waals surface area contributed by atoms with Gasteiger partial charge in [0.15, 0.2) is 15.6 Å². The smallest absolute Gasteiger partial charge is 0.166 e. The maximum atomic E-state index is 12.7. The van der Waals surface area contributed by atoms with E-state index < -0.39 is 9.84 Å². The summed E-state index contributed by atoms with van der Waals surface area (Å²) in [5.41, 5.74) is 0.602. The number of carbonyl (C=O) groups excluding carboxylic acids is 1. The SMILES string of the molecule is N#CCCOc1ccc(C(=O)C2CC3CCCC(C2)S3(=O)=O)cc1. The minimum absolute atomic E-state index is 0.0328. The predicted octanol–water partition coefficient (Wildman–Crippen LogP) is 2.91. The largest absolute Gasteiger partial charge is 0.493 e. The summed E-state index contributed by atoms with van der Waals surface area (Å²) in [6, 6.07) is 8.91. The fourth-order valence-electron chi connectivity index (χ4n) is 3.79. The quantitative estimate of drug-likeness (QED) is 0.604. The van der Waals surface area contributed by atoms with E-state index in [4.69, 9.17) is 10.00 Å². The molecule has 2 heterocycles. The second-order valence-electron chi connectivity index (χ2n) is 6.58. The average molecular weight is 347 g/mol. The van der Waals surface area contributed by atoms with E-state index in [0.717, 1.165) is 6.42 Å². The van der Waals surface area contributed by atoms with Crippen LogP contribution in [0.3, 0.4) is 0 Å². The number of rotatable bonds is 5. The number of hydrogen-bond donors (Lipinski definition) is 0. The molecule has 0 spiro atoms. The number of Topliss-reactive ketones (excluding diaryl/α,β-unsaturated/α-hetero) is 1. The Hall–Kier alpha value is -1.87. The summed E-state index contributed by atoms with van der Waals surface area (Å²) in [6.07, 6.45) is 3.56. The van der Waals surface area contributed by atoms with Crippen LogP contribution >= 0.6 is 0 Å². The zero-order valence-corrected chi connectivity index (χ0v) is 14.3. The van der Waals surface area contributed by atoms with Crippen LogP contribution in [0.5, 0.6) is 5.75 Å². The third kappa shape index (κ3) is 3.32. The summed E-state index contributed by atoms with van der Waals surface area (Å²) in [4.78, 5) is 12.7. The van der Waals surface area contributed by atoms with Gasteiger partial charge in [-0.2, -0.15) is 5.26 Å². The fraction of sp³-hybridized carbons (Fsp3) is 0.556. The van der Waals surface area contributed by atoms with Crippen LogP contribution in [0.1, 0.15) is 48.9 Å². The van der Waals surface area contributed by atoms with Gasteiger partial charge in [-0.3, -0.25) is 4.79 Å². The molecule has 2 aliphatic heterocycles. The number of ketones is 1. The zero-order valence-electron chi connectivity index (χ0n) is 13.5. The maximum Gasteiger partial charge on any atom is 0.166 e. The third-order valence-electron chi connectivity index (χ3n) is 5.07. The van der Waals surface area contributed by atoms with Crippen molar-refractivity contribution in [2.24, 2.45) is 5.92 Å². The van der Waals surface area contributed by atoms with Gasteiger partial charge < -0.3 is 4.74 Å². The van der Waals surface area contributed by atoms with Crippen molar-refractivity contribution in [2.45, 2.75) is 49.0 Å². The molecule has 128 valence electrons. The van der Waals surface area contributed by atoms with Crippen molar-refractivity contribution >= 4 is 15.6 Å². The number of benzene rings is 1. The molecule has 2 fully saturated rings. The Labute approximate surface area is 142 Å². The first-order valence-electron chi connectivity index (χ1n) is 8.39. The summed E-state index contributed by atoms with van der Waals surface area (Å²) >= 11 is 0. The van der Waals surface area contributed by atoms with Crippen LogP contribution in [0, 0.1) is 17.2 Å². The summed E-state index contributed by atoms with van der Waals surface area (Å²) in [5, 5.41) is 7.81. The highest BCUT2D eigenvalue weighted by Gasteiger charge is 2.45. The van der Waals surface area contributed by atoms with E-state index in [1.54, 1.807) is 24.3 Å². The molecular weight excluding hydrogens is 326 g/mol. The van der Waals surface area contributed by atoms with E-state index in [0.29, 0.717) is 50.0 Å². The first-order chi connectivity index (χ1) is 11.5. The van der Waals surface area contributed by atoms with Crippen LogP contribution in [-0.4, -0.2) is 31.3 Å². The molecule has 6 heteroatoms. The number of nitriles is 1. The Bertz CT molecular complexity index is 728. The minimum Gasteiger partial charge on any atom is -0.493 e. The molecule has 2 bridgehead atoms. The molecule has 2 aliphatic rings. The number of nitrogens with zero attached hydrogens (tertiary/aromatic N) is 1. The van der Waals surface area contributed by atoms with E-state index in [1.807, 2.05) is 6.07 Å².